The van der Waals surface area contributed by atoms with Gasteiger partial charge in [-0.1, -0.05) is 32.0 Å². The Morgan fingerprint density at radius 1 is 0.966 bits per heavy atom. The van der Waals surface area contributed by atoms with Crippen molar-refractivity contribution in [1.82, 2.24) is 0 Å². The molecule has 0 radical (unpaired) electrons. The maximum atomic E-state index is 12.6. The van der Waals surface area contributed by atoms with Gasteiger partial charge in [-0.3, -0.25) is 4.79 Å². The smallest absolute Gasteiger partial charge is 0.338 e. The van der Waals surface area contributed by atoms with E-state index in [2.05, 4.69) is 13.8 Å². The maximum absolute atomic E-state index is 12.6. The molecule has 7 atom stereocenters. The van der Waals surface area contributed by atoms with Gasteiger partial charge in [0.25, 0.3) is 0 Å². The van der Waals surface area contributed by atoms with E-state index < -0.39 is 0 Å². The van der Waals surface area contributed by atoms with Gasteiger partial charge in [0.2, 0.25) is 0 Å². The summed E-state index contributed by atoms with van der Waals surface area (Å²) in [6, 6.07) is 9.37. The van der Waals surface area contributed by atoms with Crippen LogP contribution in [-0.2, 0) is 9.53 Å². The van der Waals surface area contributed by atoms with Gasteiger partial charge in [-0.05, 0) is 92.6 Å². The van der Waals surface area contributed by atoms with Crippen molar-refractivity contribution in [2.75, 3.05) is 0 Å². The molecule has 0 N–H and O–H groups in total. The fourth-order valence-electron chi connectivity index (χ4n) is 7.89. The summed E-state index contributed by atoms with van der Waals surface area (Å²) in [7, 11) is 0. The summed E-state index contributed by atoms with van der Waals surface area (Å²) in [5, 5.41) is 0. The van der Waals surface area contributed by atoms with Crippen LogP contribution in [0.3, 0.4) is 0 Å². The van der Waals surface area contributed by atoms with Crippen LogP contribution in [0.2, 0.25) is 0 Å². The summed E-state index contributed by atoms with van der Waals surface area (Å²) >= 11 is 0. The standard InChI is InChI=1S/C26H34O3/c1-25-14-12-19(29-24(28)17-6-4-3-5-7-17)16-18(25)8-9-20-21-10-11-23(27)26(21,2)15-13-22(20)25/h3-7,18-22H,8-16H2,1-2H3/t18?,19-,20+,21+,22+,25+,26+/m1/s1. The molecule has 0 spiro atoms. The predicted octanol–water partition coefficient (Wildman–Crippen LogP) is 5.82. The summed E-state index contributed by atoms with van der Waals surface area (Å²) in [5.41, 5.74) is 0.972. The van der Waals surface area contributed by atoms with E-state index in [9.17, 15) is 9.59 Å². The van der Waals surface area contributed by atoms with Crippen LogP contribution in [0, 0.1) is 34.5 Å². The lowest BCUT2D eigenvalue weighted by atomic mass is 9.45. The second-order valence-electron chi connectivity index (χ2n) is 10.7. The molecular weight excluding hydrogens is 360 g/mol. The number of ketones is 1. The number of carbonyl (C=O) groups excluding carboxylic acids is 2. The van der Waals surface area contributed by atoms with Crippen LogP contribution in [0.5, 0.6) is 0 Å². The van der Waals surface area contributed by atoms with Gasteiger partial charge in [-0.15, -0.1) is 0 Å². The Labute approximate surface area is 174 Å². The molecule has 3 nitrogen and oxygen atoms in total. The van der Waals surface area contributed by atoms with Gasteiger partial charge >= 0.3 is 5.97 Å². The molecule has 1 aromatic rings. The van der Waals surface area contributed by atoms with Gasteiger partial charge in [-0.2, -0.15) is 0 Å². The molecule has 1 unspecified atom stereocenters. The van der Waals surface area contributed by atoms with Crippen LogP contribution in [0.4, 0.5) is 0 Å². The topological polar surface area (TPSA) is 43.4 Å². The molecule has 0 aromatic heterocycles. The summed E-state index contributed by atoms with van der Waals surface area (Å²) < 4.78 is 5.92. The van der Waals surface area contributed by atoms with Gasteiger partial charge in [0.15, 0.2) is 0 Å². The Kier molecular flexibility index (Phi) is 4.64. The third-order valence-electron chi connectivity index (χ3n) is 9.61. The van der Waals surface area contributed by atoms with E-state index in [0.717, 1.165) is 50.4 Å². The minimum atomic E-state index is -0.175. The van der Waals surface area contributed by atoms with E-state index in [-0.39, 0.29) is 17.5 Å². The molecule has 4 fully saturated rings. The number of esters is 1. The molecule has 4 saturated carbocycles. The van der Waals surface area contributed by atoms with E-state index in [1.54, 1.807) is 0 Å². The van der Waals surface area contributed by atoms with Gasteiger partial charge in [0.1, 0.15) is 11.9 Å². The van der Waals surface area contributed by atoms with Crippen LogP contribution in [0.1, 0.15) is 82.0 Å². The van der Waals surface area contributed by atoms with Crippen LogP contribution in [0.15, 0.2) is 30.3 Å². The lowest BCUT2D eigenvalue weighted by Crippen LogP contribution is -2.54. The van der Waals surface area contributed by atoms with Crippen molar-refractivity contribution in [2.24, 2.45) is 34.5 Å². The summed E-state index contributed by atoms with van der Waals surface area (Å²) in [6.07, 6.45) is 9.93. The van der Waals surface area contributed by atoms with Crippen molar-refractivity contribution >= 4 is 11.8 Å². The molecule has 4 aliphatic carbocycles. The van der Waals surface area contributed by atoms with E-state index >= 15 is 0 Å². The van der Waals surface area contributed by atoms with E-state index in [1.807, 2.05) is 30.3 Å². The van der Waals surface area contributed by atoms with Gasteiger partial charge in [0.05, 0.1) is 5.56 Å². The Bertz CT molecular complexity index is 801. The highest BCUT2D eigenvalue weighted by Gasteiger charge is 2.60. The molecule has 5 rings (SSSR count). The molecule has 1 aromatic carbocycles. The summed E-state index contributed by atoms with van der Waals surface area (Å²) in [6.45, 7) is 4.78. The van der Waals surface area contributed by atoms with Crippen LogP contribution < -0.4 is 0 Å². The van der Waals surface area contributed by atoms with Crippen molar-refractivity contribution in [3.8, 4) is 0 Å². The number of rotatable bonds is 2. The van der Waals surface area contributed by atoms with Gasteiger partial charge in [-0.25, -0.2) is 4.79 Å². The molecule has 3 heteroatoms. The third-order valence-corrected chi connectivity index (χ3v) is 9.61. The van der Waals surface area contributed by atoms with Crippen LogP contribution >= 0.6 is 0 Å². The number of Topliss-reactive ketones (excluding diaryl/α,β-unsaturated/α-hetero) is 1. The Balaban J connectivity index is 1.29. The lowest BCUT2D eigenvalue weighted by molar-refractivity contribution is -0.142. The van der Waals surface area contributed by atoms with E-state index in [1.165, 1.54) is 19.3 Å². The fourth-order valence-corrected chi connectivity index (χ4v) is 7.89. The lowest BCUT2D eigenvalue weighted by Gasteiger charge is -2.60. The number of carbonyl (C=O) groups is 2. The molecule has 0 aliphatic heterocycles. The van der Waals surface area contributed by atoms with Gasteiger partial charge < -0.3 is 4.74 Å². The fraction of sp³-hybridized carbons (Fsp3) is 0.692. The Morgan fingerprint density at radius 2 is 1.76 bits per heavy atom. The molecule has 156 valence electrons. The van der Waals surface area contributed by atoms with E-state index in [0.29, 0.717) is 28.6 Å². The molecule has 0 bridgehead atoms. The van der Waals surface area contributed by atoms with Crippen molar-refractivity contribution in [3.05, 3.63) is 35.9 Å². The zero-order valence-corrected chi connectivity index (χ0v) is 17.9. The highest BCUT2D eigenvalue weighted by atomic mass is 16.5. The number of hydrogen-bond donors (Lipinski definition) is 0. The second kappa shape index (κ2) is 6.96. The normalized spacial score (nSPS) is 43.8. The van der Waals surface area contributed by atoms with E-state index in [4.69, 9.17) is 4.74 Å². The molecule has 29 heavy (non-hydrogen) atoms. The Hall–Kier alpha value is -1.64. The first-order valence-electron chi connectivity index (χ1n) is 11.7. The quantitative estimate of drug-likeness (QED) is 0.593. The zero-order valence-electron chi connectivity index (χ0n) is 17.9. The highest BCUT2D eigenvalue weighted by Crippen LogP contribution is 2.65. The first kappa shape index (κ1) is 19.3. The monoisotopic (exact) mass is 394 g/mol. The highest BCUT2D eigenvalue weighted by molar-refractivity contribution is 5.89. The van der Waals surface area contributed by atoms with Crippen molar-refractivity contribution < 1.29 is 14.3 Å². The summed E-state index contributed by atoms with van der Waals surface area (Å²) in [5.74, 6) is 3.09. The minimum absolute atomic E-state index is 0.0349. The number of ether oxygens (including phenoxy) is 1. The maximum Gasteiger partial charge on any atom is 0.338 e. The minimum Gasteiger partial charge on any atom is -0.459 e. The summed E-state index contributed by atoms with van der Waals surface area (Å²) in [4.78, 5) is 25.1. The third kappa shape index (κ3) is 2.99. The van der Waals surface area contributed by atoms with Gasteiger partial charge in [0, 0.05) is 11.8 Å². The number of hydrogen-bond acceptors (Lipinski definition) is 3. The molecular formula is C26H34O3. The first-order chi connectivity index (χ1) is 13.9. The number of benzene rings is 1. The van der Waals surface area contributed by atoms with Crippen LogP contribution in [0.25, 0.3) is 0 Å². The molecule has 4 aliphatic rings. The predicted molar refractivity (Wildman–Crippen MR) is 112 cm³/mol. The molecule has 0 saturated heterocycles. The van der Waals surface area contributed by atoms with Crippen molar-refractivity contribution in [2.45, 2.75) is 77.7 Å². The Morgan fingerprint density at radius 3 is 2.55 bits per heavy atom. The van der Waals surface area contributed by atoms with Crippen molar-refractivity contribution in [1.29, 1.82) is 0 Å². The van der Waals surface area contributed by atoms with Crippen LogP contribution in [-0.4, -0.2) is 17.9 Å². The number of fused-ring (bicyclic) bond motifs is 5. The SMILES string of the molecule is C[C@]12CC[C@@H](OC(=O)c3ccccc3)CC1CC[C@@H]1[C@@H]2CC[C@]2(C)C(=O)CC[C@@H]12. The average molecular weight is 395 g/mol. The second-order valence-corrected chi connectivity index (χ2v) is 10.7. The van der Waals surface area contributed by atoms with Crippen molar-refractivity contribution in [3.63, 3.8) is 0 Å². The largest absolute Gasteiger partial charge is 0.459 e. The zero-order chi connectivity index (χ0) is 20.2. The average Bonchev–Trinajstić information content (AvgIpc) is 3.03. The first-order valence-corrected chi connectivity index (χ1v) is 11.7. The molecule has 0 amide bonds. The molecule has 0 heterocycles.